The number of anilines is 1. The van der Waals surface area contributed by atoms with Crippen LogP contribution in [-0.2, 0) is 17.9 Å². The zero-order valence-electron chi connectivity index (χ0n) is 14.9. The lowest BCUT2D eigenvalue weighted by Gasteiger charge is -2.32. The number of hydrogen-bond acceptors (Lipinski definition) is 3. The molecule has 2 aromatic carbocycles. The Morgan fingerprint density at radius 1 is 1.00 bits per heavy atom. The van der Waals surface area contributed by atoms with Crippen LogP contribution >= 0.6 is 0 Å². The van der Waals surface area contributed by atoms with Crippen molar-refractivity contribution in [1.29, 1.82) is 0 Å². The average Bonchev–Trinajstić information content (AvgIpc) is 2.63. The highest BCUT2D eigenvalue weighted by Crippen LogP contribution is 2.15. The van der Waals surface area contributed by atoms with Crippen molar-refractivity contribution in [1.82, 2.24) is 10.2 Å². The number of hydrogen-bond donors (Lipinski definition) is 2. The van der Waals surface area contributed by atoms with Crippen LogP contribution in [0.15, 0.2) is 54.6 Å². The topological polar surface area (TPSA) is 44.4 Å². The predicted octanol–water partition coefficient (Wildman–Crippen LogP) is 3.40. The van der Waals surface area contributed by atoms with Crippen LogP contribution in [0.25, 0.3) is 0 Å². The van der Waals surface area contributed by atoms with Gasteiger partial charge in [0, 0.05) is 31.7 Å². The van der Waals surface area contributed by atoms with Crippen LogP contribution in [-0.4, -0.2) is 29.9 Å². The maximum Gasteiger partial charge on any atom is 0.221 e. The molecule has 0 radical (unpaired) electrons. The SMILES string of the molecule is CC(=O)Nc1ccc(CNC2CCN(Cc3ccccc3)CC2)cc1. The fourth-order valence-corrected chi connectivity index (χ4v) is 3.31. The normalized spacial score (nSPS) is 15.9. The molecule has 4 heteroatoms. The van der Waals surface area contributed by atoms with Gasteiger partial charge in [-0.2, -0.15) is 0 Å². The van der Waals surface area contributed by atoms with Crippen molar-refractivity contribution in [3.8, 4) is 0 Å². The zero-order chi connectivity index (χ0) is 17.5. The van der Waals surface area contributed by atoms with Gasteiger partial charge in [-0.3, -0.25) is 9.69 Å². The van der Waals surface area contributed by atoms with Gasteiger partial charge >= 0.3 is 0 Å². The molecule has 0 unspecified atom stereocenters. The molecule has 0 bridgehead atoms. The van der Waals surface area contributed by atoms with E-state index in [9.17, 15) is 4.79 Å². The first-order chi connectivity index (χ1) is 12.2. The third-order valence-electron chi connectivity index (χ3n) is 4.71. The number of nitrogens with zero attached hydrogens (tertiary/aromatic N) is 1. The van der Waals surface area contributed by atoms with Crippen LogP contribution < -0.4 is 10.6 Å². The fraction of sp³-hybridized carbons (Fsp3) is 0.381. The van der Waals surface area contributed by atoms with Gasteiger partial charge in [0.2, 0.25) is 5.91 Å². The molecular weight excluding hydrogens is 310 g/mol. The van der Waals surface area contributed by atoms with Crippen LogP contribution in [0.4, 0.5) is 5.69 Å². The second kappa shape index (κ2) is 8.79. The summed E-state index contributed by atoms with van der Waals surface area (Å²) in [7, 11) is 0. The van der Waals surface area contributed by atoms with Crippen molar-refractivity contribution < 1.29 is 4.79 Å². The van der Waals surface area contributed by atoms with Crippen LogP contribution in [0.2, 0.25) is 0 Å². The molecule has 1 amide bonds. The first-order valence-corrected chi connectivity index (χ1v) is 9.05. The van der Waals surface area contributed by atoms with Gasteiger partial charge in [0.15, 0.2) is 0 Å². The number of benzene rings is 2. The number of piperidine rings is 1. The number of carbonyl (C=O) groups excluding carboxylic acids is 1. The van der Waals surface area contributed by atoms with E-state index in [1.165, 1.54) is 30.9 Å². The summed E-state index contributed by atoms with van der Waals surface area (Å²) in [6.07, 6.45) is 2.38. The van der Waals surface area contributed by atoms with E-state index >= 15 is 0 Å². The number of nitrogens with one attached hydrogen (secondary N) is 2. The van der Waals surface area contributed by atoms with E-state index in [-0.39, 0.29) is 5.91 Å². The largest absolute Gasteiger partial charge is 0.326 e. The van der Waals surface area contributed by atoms with E-state index in [2.05, 4.69) is 58.0 Å². The quantitative estimate of drug-likeness (QED) is 0.849. The lowest BCUT2D eigenvalue weighted by atomic mass is 10.0. The third kappa shape index (κ3) is 5.69. The Balaban J connectivity index is 1.39. The van der Waals surface area contributed by atoms with Crippen LogP contribution in [0.1, 0.15) is 30.9 Å². The van der Waals surface area contributed by atoms with Gasteiger partial charge in [0.25, 0.3) is 0 Å². The standard InChI is InChI=1S/C21H27N3O/c1-17(25)23-21-9-7-18(8-10-21)15-22-20-11-13-24(14-12-20)16-19-5-3-2-4-6-19/h2-10,20,22H,11-16H2,1H3,(H,23,25). The van der Waals surface area contributed by atoms with Crippen LogP contribution in [0, 0.1) is 0 Å². The highest BCUT2D eigenvalue weighted by molar-refractivity contribution is 5.88. The van der Waals surface area contributed by atoms with Gasteiger partial charge in [-0.1, -0.05) is 42.5 Å². The number of likely N-dealkylation sites (tertiary alicyclic amines) is 1. The molecule has 25 heavy (non-hydrogen) atoms. The van der Waals surface area contributed by atoms with Gasteiger partial charge in [-0.25, -0.2) is 0 Å². The molecule has 1 heterocycles. The van der Waals surface area contributed by atoms with Gasteiger partial charge in [0.05, 0.1) is 0 Å². The second-order valence-corrected chi connectivity index (χ2v) is 6.80. The van der Waals surface area contributed by atoms with Crippen molar-refractivity contribution in [2.24, 2.45) is 0 Å². The zero-order valence-corrected chi connectivity index (χ0v) is 14.9. The highest BCUT2D eigenvalue weighted by atomic mass is 16.1. The molecule has 4 nitrogen and oxygen atoms in total. The molecule has 2 N–H and O–H groups in total. The van der Waals surface area contributed by atoms with Crippen molar-refractivity contribution in [2.75, 3.05) is 18.4 Å². The van der Waals surface area contributed by atoms with E-state index in [1.54, 1.807) is 0 Å². The van der Waals surface area contributed by atoms with Crippen LogP contribution in [0.3, 0.4) is 0 Å². The molecule has 0 aromatic heterocycles. The summed E-state index contributed by atoms with van der Waals surface area (Å²) in [6.45, 7) is 5.75. The van der Waals surface area contributed by atoms with E-state index in [0.29, 0.717) is 6.04 Å². The maximum atomic E-state index is 11.0. The molecule has 0 saturated carbocycles. The van der Waals surface area contributed by atoms with Crippen molar-refractivity contribution in [3.63, 3.8) is 0 Å². The van der Waals surface area contributed by atoms with Gasteiger partial charge in [-0.05, 0) is 49.2 Å². The minimum atomic E-state index is -0.0341. The molecule has 0 aliphatic carbocycles. The minimum absolute atomic E-state index is 0.0341. The molecule has 3 rings (SSSR count). The molecule has 2 aromatic rings. The minimum Gasteiger partial charge on any atom is -0.326 e. The number of rotatable bonds is 6. The number of amides is 1. The summed E-state index contributed by atoms with van der Waals surface area (Å²) < 4.78 is 0. The smallest absolute Gasteiger partial charge is 0.221 e. The lowest BCUT2D eigenvalue weighted by Crippen LogP contribution is -2.41. The Bertz CT molecular complexity index is 661. The molecular formula is C21H27N3O. The van der Waals surface area contributed by atoms with E-state index < -0.39 is 0 Å². The first kappa shape index (κ1) is 17.6. The highest BCUT2D eigenvalue weighted by Gasteiger charge is 2.18. The summed E-state index contributed by atoms with van der Waals surface area (Å²) in [5, 5.41) is 6.47. The summed E-state index contributed by atoms with van der Waals surface area (Å²) >= 11 is 0. The molecule has 0 spiro atoms. The molecule has 1 aliphatic rings. The average molecular weight is 337 g/mol. The molecule has 1 fully saturated rings. The molecule has 1 aliphatic heterocycles. The second-order valence-electron chi connectivity index (χ2n) is 6.80. The fourth-order valence-electron chi connectivity index (χ4n) is 3.31. The monoisotopic (exact) mass is 337 g/mol. The van der Waals surface area contributed by atoms with Gasteiger partial charge in [0.1, 0.15) is 0 Å². The summed E-state index contributed by atoms with van der Waals surface area (Å²) in [5.74, 6) is -0.0341. The van der Waals surface area contributed by atoms with Crippen molar-refractivity contribution in [3.05, 3.63) is 65.7 Å². The Kier molecular flexibility index (Phi) is 6.20. The Hall–Kier alpha value is -2.17. The maximum absolute atomic E-state index is 11.0. The molecule has 1 saturated heterocycles. The van der Waals surface area contributed by atoms with Gasteiger partial charge in [-0.15, -0.1) is 0 Å². The third-order valence-corrected chi connectivity index (χ3v) is 4.71. The summed E-state index contributed by atoms with van der Waals surface area (Å²) in [5.41, 5.74) is 3.50. The lowest BCUT2D eigenvalue weighted by molar-refractivity contribution is -0.114. The number of carbonyl (C=O) groups is 1. The Morgan fingerprint density at radius 2 is 1.68 bits per heavy atom. The summed E-state index contributed by atoms with van der Waals surface area (Å²) in [6, 6.07) is 19.4. The van der Waals surface area contributed by atoms with E-state index in [0.717, 1.165) is 31.9 Å². The van der Waals surface area contributed by atoms with Gasteiger partial charge < -0.3 is 10.6 Å². The van der Waals surface area contributed by atoms with Crippen molar-refractivity contribution >= 4 is 11.6 Å². The Morgan fingerprint density at radius 3 is 2.32 bits per heavy atom. The predicted molar refractivity (Wildman–Crippen MR) is 102 cm³/mol. The Labute approximate surface area is 150 Å². The van der Waals surface area contributed by atoms with E-state index in [4.69, 9.17) is 0 Å². The molecule has 0 atom stereocenters. The first-order valence-electron chi connectivity index (χ1n) is 9.05. The molecule has 132 valence electrons. The van der Waals surface area contributed by atoms with Crippen LogP contribution in [0.5, 0.6) is 0 Å². The summed E-state index contributed by atoms with van der Waals surface area (Å²) in [4.78, 5) is 13.6. The van der Waals surface area contributed by atoms with E-state index in [1.807, 2.05) is 12.1 Å². The van der Waals surface area contributed by atoms with Crippen molar-refractivity contribution in [2.45, 2.75) is 38.9 Å².